The van der Waals surface area contributed by atoms with Crippen molar-refractivity contribution in [3.05, 3.63) is 23.9 Å². The first-order chi connectivity index (χ1) is 9.88. The fraction of sp³-hybridized carbons (Fsp3) is 0.688. The van der Waals surface area contributed by atoms with Gasteiger partial charge in [-0.1, -0.05) is 6.07 Å². The SMILES string of the molecule is c1cc(N2CCN(C3CC3)CC2)ncc1CNC1CC1. The molecule has 0 spiro atoms. The Morgan fingerprint density at radius 3 is 2.45 bits per heavy atom. The van der Waals surface area contributed by atoms with Crippen LogP contribution in [0.2, 0.25) is 0 Å². The van der Waals surface area contributed by atoms with Crippen LogP contribution in [0.4, 0.5) is 5.82 Å². The molecular weight excluding hydrogens is 248 g/mol. The van der Waals surface area contributed by atoms with E-state index >= 15 is 0 Å². The zero-order valence-electron chi connectivity index (χ0n) is 12.1. The van der Waals surface area contributed by atoms with Crippen molar-refractivity contribution in [2.24, 2.45) is 0 Å². The molecule has 4 rings (SSSR count). The van der Waals surface area contributed by atoms with Gasteiger partial charge in [-0.05, 0) is 37.3 Å². The van der Waals surface area contributed by atoms with E-state index in [-0.39, 0.29) is 0 Å². The molecule has 3 fully saturated rings. The highest BCUT2D eigenvalue weighted by Crippen LogP contribution is 2.28. The van der Waals surface area contributed by atoms with Crippen LogP contribution in [0.15, 0.2) is 18.3 Å². The van der Waals surface area contributed by atoms with E-state index in [0.717, 1.165) is 37.5 Å². The van der Waals surface area contributed by atoms with Crippen LogP contribution >= 0.6 is 0 Å². The predicted molar refractivity (Wildman–Crippen MR) is 80.9 cm³/mol. The van der Waals surface area contributed by atoms with Crippen molar-refractivity contribution in [3.8, 4) is 0 Å². The maximum atomic E-state index is 4.65. The Hall–Kier alpha value is -1.13. The largest absolute Gasteiger partial charge is 0.354 e. The Kier molecular flexibility index (Phi) is 3.36. The van der Waals surface area contributed by atoms with Crippen LogP contribution in [0, 0.1) is 0 Å². The molecule has 2 saturated carbocycles. The van der Waals surface area contributed by atoms with Crippen molar-refractivity contribution >= 4 is 5.82 Å². The first kappa shape index (κ1) is 12.6. The maximum Gasteiger partial charge on any atom is 0.128 e. The van der Waals surface area contributed by atoms with Crippen molar-refractivity contribution in [1.29, 1.82) is 0 Å². The minimum atomic E-state index is 0.769. The molecule has 1 aliphatic heterocycles. The second-order valence-corrected chi connectivity index (χ2v) is 6.43. The molecule has 1 aromatic rings. The van der Waals surface area contributed by atoms with Crippen molar-refractivity contribution in [3.63, 3.8) is 0 Å². The Labute approximate surface area is 121 Å². The first-order valence-electron chi connectivity index (χ1n) is 8.06. The minimum Gasteiger partial charge on any atom is -0.354 e. The topological polar surface area (TPSA) is 31.4 Å². The summed E-state index contributed by atoms with van der Waals surface area (Å²) >= 11 is 0. The van der Waals surface area contributed by atoms with Gasteiger partial charge in [0.2, 0.25) is 0 Å². The van der Waals surface area contributed by atoms with Crippen LogP contribution in [0.1, 0.15) is 31.2 Å². The number of anilines is 1. The highest BCUT2D eigenvalue weighted by atomic mass is 15.3. The Morgan fingerprint density at radius 2 is 1.85 bits per heavy atom. The number of pyridine rings is 1. The van der Waals surface area contributed by atoms with Gasteiger partial charge in [0.15, 0.2) is 0 Å². The summed E-state index contributed by atoms with van der Waals surface area (Å²) in [5.41, 5.74) is 1.30. The number of hydrogen-bond acceptors (Lipinski definition) is 4. The summed E-state index contributed by atoms with van der Waals surface area (Å²) in [7, 11) is 0. The fourth-order valence-electron chi connectivity index (χ4n) is 3.01. The molecule has 2 heterocycles. The van der Waals surface area contributed by atoms with Gasteiger partial charge in [-0.25, -0.2) is 4.98 Å². The molecule has 0 atom stereocenters. The smallest absolute Gasteiger partial charge is 0.128 e. The molecule has 0 aromatic carbocycles. The molecule has 0 unspecified atom stereocenters. The van der Waals surface area contributed by atoms with Gasteiger partial charge in [0.1, 0.15) is 5.82 Å². The molecule has 1 saturated heterocycles. The summed E-state index contributed by atoms with van der Waals surface area (Å²) in [6.45, 7) is 5.63. The summed E-state index contributed by atoms with van der Waals surface area (Å²) in [5.74, 6) is 1.15. The Balaban J connectivity index is 1.31. The summed E-state index contributed by atoms with van der Waals surface area (Å²) in [6, 6.07) is 6.09. The molecule has 20 heavy (non-hydrogen) atoms. The summed E-state index contributed by atoms with van der Waals surface area (Å²) in [4.78, 5) is 9.72. The first-order valence-corrected chi connectivity index (χ1v) is 8.06. The van der Waals surface area contributed by atoms with Crippen molar-refractivity contribution < 1.29 is 0 Å². The lowest BCUT2D eigenvalue weighted by Crippen LogP contribution is -2.47. The van der Waals surface area contributed by atoms with Crippen LogP contribution in [0.3, 0.4) is 0 Å². The average molecular weight is 272 g/mol. The second-order valence-electron chi connectivity index (χ2n) is 6.43. The van der Waals surface area contributed by atoms with Gasteiger partial charge >= 0.3 is 0 Å². The monoisotopic (exact) mass is 272 g/mol. The zero-order chi connectivity index (χ0) is 13.4. The van der Waals surface area contributed by atoms with Gasteiger partial charge in [0, 0.05) is 51.0 Å². The summed E-state index contributed by atoms with van der Waals surface area (Å²) < 4.78 is 0. The number of rotatable bonds is 5. The molecule has 1 aromatic heterocycles. The van der Waals surface area contributed by atoms with Gasteiger partial charge in [-0.15, -0.1) is 0 Å². The van der Waals surface area contributed by atoms with E-state index in [4.69, 9.17) is 0 Å². The molecule has 4 heteroatoms. The number of piperazine rings is 1. The molecule has 0 amide bonds. The lowest BCUT2D eigenvalue weighted by atomic mass is 10.2. The maximum absolute atomic E-state index is 4.65. The van der Waals surface area contributed by atoms with E-state index in [9.17, 15) is 0 Å². The van der Waals surface area contributed by atoms with Crippen molar-refractivity contribution in [2.75, 3.05) is 31.1 Å². The van der Waals surface area contributed by atoms with E-state index in [1.54, 1.807) is 0 Å². The molecule has 3 aliphatic rings. The van der Waals surface area contributed by atoms with Crippen LogP contribution in [0.25, 0.3) is 0 Å². The van der Waals surface area contributed by atoms with Crippen LogP contribution in [-0.4, -0.2) is 48.1 Å². The van der Waals surface area contributed by atoms with Gasteiger partial charge in [0.25, 0.3) is 0 Å². The van der Waals surface area contributed by atoms with Crippen molar-refractivity contribution in [1.82, 2.24) is 15.2 Å². The summed E-state index contributed by atoms with van der Waals surface area (Å²) in [5, 5.41) is 3.54. The molecule has 2 aliphatic carbocycles. The van der Waals surface area contributed by atoms with Gasteiger partial charge < -0.3 is 10.2 Å². The van der Waals surface area contributed by atoms with E-state index < -0.39 is 0 Å². The highest BCUT2D eigenvalue weighted by molar-refractivity contribution is 5.40. The van der Waals surface area contributed by atoms with Crippen molar-refractivity contribution in [2.45, 2.75) is 44.3 Å². The third-order valence-corrected chi connectivity index (χ3v) is 4.68. The molecule has 1 N–H and O–H groups in total. The zero-order valence-corrected chi connectivity index (χ0v) is 12.1. The Morgan fingerprint density at radius 1 is 1.05 bits per heavy atom. The van der Waals surface area contributed by atoms with Crippen LogP contribution in [0.5, 0.6) is 0 Å². The Bertz CT molecular complexity index is 442. The number of nitrogens with zero attached hydrogens (tertiary/aromatic N) is 3. The highest BCUT2D eigenvalue weighted by Gasteiger charge is 2.31. The molecule has 4 nitrogen and oxygen atoms in total. The average Bonchev–Trinajstić information content (AvgIpc) is 3.40. The third kappa shape index (κ3) is 2.96. The predicted octanol–water partition coefficient (Wildman–Crippen LogP) is 1.62. The quantitative estimate of drug-likeness (QED) is 0.882. The van der Waals surface area contributed by atoms with Gasteiger partial charge in [-0.3, -0.25) is 4.90 Å². The van der Waals surface area contributed by atoms with Crippen LogP contribution in [-0.2, 0) is 6.54 Å². The second kappa shape index (κ2) is 5.34. The van der Waals surface area contributed by atoms with Gasteiger partial charge in [-0.2, -0.15) is 0 Å². The lowest BCUT2D eigenvalue weighted by molar-refractivity contribution is 0.247. The van der Waals surface area contributed by atoms with E-state index in [2.05, 4.69) is 32.2 Å². The molecule has 108 valence electrons. The van der Waals surface area contributed by atoms with E-state index in [1.807, 2.05) is 6.20 Å². The number of hydrogen-bond donors (Lipinski definition) is 1. The molecule has 0 bridgehead atoms. The lowest BCUT2D eigenvalue weighted by Gasteiger charge is -2.35. The van der Waals surface area contributed by atoms with E-state index in [0.29, 0.717) is 0 Å². The van der Waals surface area contributed by atoms with Crippen LogP contribution < -0.4 is 10.2 Å². The summed E-state index contributed by atoms with van der Waals surface area (Å²) in [6.07, 6.45) is 7.56. The standard InChI is InChI=1S/C16H24N4/c1-6-16(18-12-13(1)11-17-14-2-3-14)20-9-7-19(8-10-20)15-4-5-15/h1,6,12,14-15,17H,2-5,7-11H2. The fourth-order valence-corrected chi connectivity index (χ4v) is 3.01. The third-order valence-electron chi connectivity index (χ3n) is 4.68. The number of nitrogens with one attached hydrogen (secondary N) is 1. The van der Waals surface area contributed by atoms with Gasteiger partial charge in [0.05, 0.1) is 0 Å². The molecule has 0 radical (unpaired) electrons. The molecular formula is C16H24N4. The normalized spacial score (nSPS) is 24.1. The minimum absolute atomic E-state index is 0.769. The number of aromatic nitrogens is 1. The van der Waals surface area contributed by atoms with E-state index in [1.165, 1.54) is 44.3 Å².